The van der Waals surface area contributed by atoms with Crippen molar-refractivity contribution in [3.05, 3.63) is 59.9 Å². The summed E-state index contributed by atoms with van der Waals surface area (Å²) in [7, 11) is 0. The Bertz CT molecular complexity index is 1040. The molecule has 2 aromatic carbocycles. The Labute approximate surface area is 198 Å². The molecule has 34 heavy (non-hydrogen) atoms. The molecule has 4 rings (SSSR count). The number of carbonyl (C=O) groups excluding carboxylic acids is 3. The molecule has 8 nitrogen and oxygen atoms in total. The van der Waals surface area contributed by atoms with E-state index in [1.54, 1.807) is 24.3 Å². The first kappa shape index (κ1) is 23.7. The molecule has 2 fully saturated rings. The van der Waals surface area contributed by atoms with Crippen LogP contribution in [0.1, 0.15) is 12.0 Å². The highest BCUT2D eigenvalue weighted by Gasteiger charge is 2.35. The fraction of sp³-hybridized carbons (Fsp3) is 0.400. The zero-order chi connectivity index (χ0) is 24.1. The van der Waals surface area contributed by atoms with E-state index < -0.39 is 6.04 Å². The molecular weight excluding hydrogens is 437 g/mol. The summed E-state index contributed by atoms with van der Waals surface area (Å²) < 4.78 is 14.1. The second kappa shape index (κ2) is 10.6. The van der Waals surface area contributed by atoms with Crippen LogP contribution in [0.2, 0.25) is 0 Å². The summed E-state index contributed by atoms with van der Waals surface area (Å²) in [6, 6.07) is 13.2. The summed E-state index contributed by atoms with van der Waals surface area (Å²) in [5.74, 6) is -1.06. The van der Waals surface area contributed by atoms with Gasteiger partial charge in [-0.25, -0.2) is 4.39 Å². The molecule has 2 aliphatic rings. The molecule has 1 atom stereocenters. The zero-order valence-corrected chi connectivity index (χ0v) is 19.3. The Balaban J connectivity index is 1.32. The number of anilines is 2. The third kappa shape index (κ3) is 5.72. The molecule has 3 amide bonds. The monoisotopic (exact) mass is 467 g/mol. The number of nitrogens with zero attached hydrogens (tertiary/aromatic N) is 3. The van der Waals surface area contributed by atoms with Crippen molar-refractivity contribution in [1.29, 1.82) is 0 Å². The number of amides is 3. The van der Waals surface area contributed by atoms with E-state index in [0.717, 1.165) is 5.56 Å². The van der Waals surface area contributed by atoms with Crippen LogP contribution in [0, 0.1) is 12.7 Å². The number of aryl methyl sites for hydroxylation is 1. The van der Waals surface area contributed by atoms with Gasteiger partial charge in [0.1, 0.15) is 11.9 Å². The zero-order valence-electron chi connectivity index (χ0n) is 19.3. The van der Waals surface area contributed by atoms with Gasteiger partial charge in [-0.1, -0.05) is 29.8 Å². The number of para-hydroxylation sites is 1. The van der Waals surface area contributed by atoms with Crippen LogP contribution in [-0.2, 0) is 14.4 Å². The average molecular weight is 468 g/mol. The van der Waals surface area contributed by atoms with Gasteiger partial charge >= 0.3 is 0 Å². The van der Waals surface area contributed by atoms with E-state index in [4.69, 9.17) is 0 Å². The van der Waals surface area contributed by atoms with Crippen LogP contribution >= 0.6 is 0 Å². The molecule has 0 radical (unpaired) electrons. The van der Waals surface area contributed by atoms with Gasteiger partial charge in [0.25, 0.3) is 0 Å². The van der Waals surface area contributed by atoms with E-state index in [1.165, 1.54) is 11.0 Å². The van der Waals surface area contributed by atoms with Crippen molar-refractivity contribution in [2.45, 2.75) is 19.4 Å². The van der Waals surface area contributed by atoms with Crippen LogP contribution in [0.3, 0.4) is 0 Å². The van der Waals surface area contributed by atoms with Gasteiger partial charge in [0.05, 0.1) is 18.7 Å². The normalized spacial score (nSPS) is 19.0. The average Bonchev–Trinajstić information content (AvgIpc) is 2.83. The van der Waals surface area contributed by atoms with Crippen molar-refractivity contribution in [1.82, 2.24) is 15.1 Å². The second-order valence-electron chi connectivity index (χ2n) is 8.73. The van der Waals surface area contributed by atoms with Gasteiger partial charge < -0.3 is 20.4 Å². The number of benzene rings is 2. The first-order chi connectivity index (χ1) is 16.4. The summed E-state index contributed by atoms with van der Waals surface area (Å²) >= 11 is 0. The Morgan fingerprint density at radius 1 is 1.03 bits per heavy atom. The number of rotatable bonds is 6. The van der Waals surface area contributed by atoms with Crippen molar-refractivity contribution < 1.29 is 18.8 Å². The minimum Gasteiger partial charge on any atom is -0.367 e. The summed E-state index contributed by atoms with van der Waals surface area (Å²) in [6.45, 7) is 5.28. The third-order valence-corrected chi connectivity index (χ3v) is 6.29. The lowest BCUT2D eigenvalue weighted by Crippen LogP contribution is -2.60. The standard InChI is InChI=1S/C25H30FN5O3/c1-18-6-8-19(9-7-18)28-23(32)16-22-25(34)27-10-11-31(22)24(33)17-29-12-14-30(15-13-29)21-5-3-2-4-20(21)26/h2-9,22H,10-17H2,1H3,(H,27,34)(H,28,32)/t22-/m1/s1. The molecule has 0 bridgehead atoms. The molecule has 180 valence electrons. The van der Waals surface area contributed by atoms with Crippen molar-refractivity contribution in [3.63, 3.8) is 0 Å². The van der Waals surface area contributed by atoms with Gasteiger partial charge in [-0.05, 0) is 31.2 Å². The van der Waals surface area contributed by atoms with Gasteiger partial charge in [-0.3, -0.25) is 19.3 Å². The maximum absolute atomic E-state index is 14.1. The molecule has 2 aliphatic heterocycles. The van der Waals surface area contributed by atoms with Gasteiger partial charge in [-0.15, -0.1) is 0 Å². The number of hydrogen-bond acceptors (Lipinski definition) is 5. The third-order valence-electron chi connectivity index (χ3n) is 6.29. The Morgan fingerprint density at radius 2 is 1.74 bits per heavy atom. The lowest BCUT2D eigenvalue weighted by Gasteiger charge is -2.39. The first-order valence-corrected chi connectivity index (χ1v) is 11.6. The van der Waals surface area contributed by atoms with Crippen LogP contribution in [0.25, 0.3) is 0 Å². The molecule has 2 N–H and O–H groups in total. The Kier molecular flexibility index (Phi) is 7.42. The maximum atomic E-state index is 14.1. The molecule has 2 aromatic rings. The van der Waals surface area contributed by atoms with Gasteiger partial charge in [-0.2, -0.15) is 0 Å². The molecule has 2 saturated heterocycles. The topological polar surface area (TPSA) is 85.0 Å². The maximum Gasteiger partial charge on any atom is 0.243 e. The van der Waals surface area contributed by atoms with E-state index >= 15 is 0 Å². The summed E-state index contributed by atoms with van der Waals surface area (Å²) in [6.07, 6.45) is -0.105. The number of halogens is 1. The second-order valence-corrected chi connectivity index (χ2v) is 8.73. The van der Waals surface area contributed by atoms with Gasteiger partial charge in [0.15, 0.2) is 0 Å². The van der Waals surface area contributed by atoms with Crippen molar-refractivity contribution in [3.8, 4) is 0 Å². The minimum atomic E-state index is -0.841. The Hall–Kier alpha value is -3.46. The minimum absolute atomic E-state index is 0.105. The predicted octanol–water partition coefficient (Wildman–Crippen LogP) is 1.61. The lowest BCUT2D eigenvalue weighted by atomic mass is 10.1. The van der Waals surface area contributed by atoms with Crippen LogP contribution in [0.15, 0.2) is 48.5 Å². The lowest BCUT2D eigenvalue weighted by molar-refractivity contribution is -0.145. The molecule has 0 saturated carbocycles. The molecule has 0 spiro atoms. The Morgan fingerprint density at radius 3 is 2.44 bits per heavy atom. The van der Waals surface area contributed by atoms with Gasteiger partial charge in [0, 0.05) is 45.0 Å². The molecule has 2 heterocycles. The fourth-order valence-electron chi connectivity index (χ4n) is 4.38. The van der Waals surface area contributed by atoms with E-state index in [1.807, 2.05) is 34.9 Å². The summed E-state index contributed by atoms with van der Waals surface area (Å²) in [5, 5.41) is 5.56. The predicted molar refractivity (Wildman–Crippen MR) is 128 cm³/mol. The van der Waals surface area contributed by atoms with Crippen LogP contribution in [-0.4, -0.2) is 79.4 Å². The van der Waals surface area contributed by atoms with E-state index in [-0.39, 0.29) is 36.5 Å². The van der Waals surface area contributed by atoms with Crippen molar-refractivity contribution >= 4 is 29.1 Å². The summed E-state index contributed by atoms with van der Waals surface area (Å²) in [5.41, 5.74) is 2.30. The quantitative estimate of drug-likeness (QED) is 0.675. The first-order valence-electron chi connectivity index (χ1n) is 11.6. The highest BCUT2D eigenvalue weighted by molar-refractivity contribution is 5.97. The molecular formula is C25H30FN5O3. The highest BCUT2D eigenvalue weighted by Crippen LogP contribution is 2.20. The van der Waals surface area contributed by atoms with Crippen LogP contribution < -0.4 is 15.5 Å². The number of piperazine rings is 2. The molecule has 0 aliphatic carbocycles. The van der Waals surface area contributed by atoms with Gasteiger partial charge in [0.2, 0.25) is 17.7 Å². The largest absolute Gasteiger partial charge is 0.367 e. The van der Waals surface area contributed by atoms with Crippen molar-refractivity contribution in [2.75, 3.05) is 56.0 Å². The van der Waals surface area contributed by atoms with Crippen LogP contribution in [0.4, 0.5) is 15.8 Å². The summed E-state index contributed by atoms with van der Waals surface area (Å²) in [4.78, 5) is 43.7. The van der Waals surface area contributed by atoms with E-state index in [2.05, 4.69) is 10.6 Å². The van der Waals surface area contributed by atoms with Crippen LogP contribution in [0.5, 0.6) is 0 Å². The van der Waals surface area contributed by atoms with E-state index in [0.29, 0.717) is 50.6 Å². The SMILES string of the molecule is Cc1ccc(NC(=O)C[C@@H]2C(=O)NCCN2C(=O)CN2CCN(c3ccccc3F)CC2)cc1. The molecule has 0 aromatic heterocycles. The number of nitrogens with one attached hydrogen (secondary N) is 2. The number of carbonyl (C=O) groups is 3. The smallest absolute Gasteiger partial charge is 0.243 e. The van der Waals surface area contributed by atoms with Crippen molar-refractivity contribution in [2.24, 2.45) is 0 Å². The molecule has 9 heteroatoms. The van der Waals surface area contributed by atoms with E-state index in [9.17, 15) is 18.8 Å². The number of hydrogen-bond donors (Lipinski definition) is 2. The molecule has 0 unspecified atom stereocenters. The highest BCUT2D eigenvalue weighted by atomic mass is 19.1. The fourth-order valence-corrected chi connectivity index (χ4v) is 4.38.